The smallest absolute Gasteiger partial charge is 0.261 e. The van der Waals surface area contributed by atoms with Gasteiger partial charge < -0.3 is 20.4 Å². The van der Waals surface area contributed by atoms with Crippen LogP contribution in [-0.2, 0) is 13.6 Å². The first-order chi connectivity index (χ1) is 16.0. The van der Waals surface area contributed by atoms with Crippen LogP contribution >= 0.6 is 0 Å². The second-order valence-corrected chi connectivity index (χ2v) is 7.40. The number of imidazole rings is 1. The number of nitrogens with two attached hydrogens (primary N) is 1. The van der Waals surface area contributed by atoms with E-state index in [1.807, 2.05) is 17.8 Å². The van der Waals surface area contributed by atoms with Gasteiger partial charge in [-0.1, -0.05) is 0 Å². The number of hydrogen-bond donors (Lipinski definition) is 2. The topological polar surface area (TPSA) is 130 Å². The van der Waals surface area contributed by atoms with Gasteiger partial charge in [-0.15, -0.1) is 0 Å². The van der Waals surface area contributed by atoms with E-state index in [2.05, 4.69) is 20.4 Å². The minimum absolute atomic E-state index is 0.345. The average molecular weight is 443 g/mol. The standard InChI is InChI=1S/C22H21N9O2/c1-29-9-7-24-19(29)13-30-12-17(20(28-30)15-10-14(23)4-5-18(15)33-2)27-22(32)16-11-26-31-8-3-6-25-21(16)31/h3-12H,13,23H2,1-2H3,(H,27,32). The Bertz CT molecular complexity index is 1460. The van der Waals surface area contributed by atoms with E-state index in [0.717, 1.165) is 5.82 Å². The molecule has 0 fully saturated rings. The Morgan fingerprint density at radius 3 is 2.88 bits per heavy atom. The highest BCUT2D eigenvalue weighted by molar-refractivity contribution is 6.09. The summed E-state index contributed by atoms with van der Waals surface area (Å²) in [4.78, 5) is 21.8. The molecule has 3 N–H and O–H groups in total. The molecule has 4 heterocycles. The van der Waals surface area contributed by atoms with Crippen molar-refractivity contribution in [1.29, 1.82) is 0 Å². The van der Waals surface area contributed by atoms with Crippen LogP contribution in [0.2, 0.25) is 0 Å². The molecule has 0 radical (unpaired) electrons. The van der Waals surface area contributed by atoms with Crippen molar-refractivity contribution in [3.05, 3.63) is 72.8 Å². The normalized spacial score (nSPS) is 11.1. The van der Waals surface area contributed by atoms with Crippen molar-refractivity contribution in [2.24, 2.45) is 7.05 Å². The number of amides is 1. The zero-order valence-electron chi connectivity index (χ0n) is 18.0. The molecule has 5 aromatic rings. The third kappa shape index (κ3) is 3.76. The average Bonchev–Trinajstić information content (AvgIpc) is 3.53. The number of ether oxygens (including phenoxy) is 1. The van der Waals surface area contributed by atoms with Crippen molar-refractivity contribution in [3.63, 3.8) is 0 Å². The Kier molecular flexibility index (Phi) is 4.98. The van der Waals surface area contributed by atoms with Gasteiger partial charge in [0.1, 0.15) is 22.8 Å². The van der Waals surface area contributed by atoms with Crippen molar-refractivity contribution in [2.75, 3.05) is 18.2 Å². The fourth-order valence-corrected chi connectivity index (χ4v) is 3.57. The van der Waals surface area contributed by atoms with E-state index in [-0.39, 0.29) is 5.91 Å². The molecule has 0 aliphatic rings. The van der Waals surface area contributed by atoms with Gasteiger partial charge in [0.25, 0.3) is 5.91 Å². The molecule has 5 rings (SSSR count). The zero-order valence-corrected chi connectivity index (χ0v) is 18.0. The molecule has 0 aliphatic carbocycles. The maximum Gasteiger partial charge on any atom is 0.261 e. The van der Waals surface area contributed by atoms with Gasteiger partial charge in [0.2, 0.25) is 0 Å². The van der Waals surface area contributed by atoms with Gasteiger partial charge in [0.15, 0.2) is 5.65 Å². The fraction of sp³-hybridized carbons (Fsp3) is 0.136. The summed E-state index contributed by atoms with van der Waals surface area (Å²) in [5.41, 5.74) is 9.06. The molecule has 4 aromatic heterocycles. The SMILES string of the molecule is COc1ccc(N)cc1-c1nn(Cc2nccn2C)cc1NC(=O)c1cnn2cccnc12. The number of hydrogen-bond acceptors (Lipinski definition) is 7. The number of carbonyl (C=O) groups excluding carboxylic acids is 1. The Labute approximate surface area is 188 Å². The predicted octanol–water partition coefficient (Wildman–Crippen LogP) is 2.22. The molecule has 33 heavy (non-hydrogen) atoms. The third-order valence-corrected chi connectivity index (χ3v) is 5.24. The van der Waals surface area contributed by atoms with E-state index in [4.69, 9.17) is 15.6 Å². The molecule has 11 nitrogen and oxygen atoms in total. The van der Waals surface area contributed by atoms with E-state index in [0.29, 0.717) is 46.1 Å². The molecule has 0 bridgehead atoms. The van der Waals surface area contributed by atoms with Crippen LogP contribution in [0.15, 0.2) is 61.4 Å². The third-order valence-electron chi connectivity index (χ3n) is 5.24. The minimum atomic E-state index is -0.357. The fourth-order valence-electron chi connectivity index (χ4n) is 3.57. The lowest BCUT2D eigenvalue weighted by Crippen LogP contribution is -2.12. The zero-order chi connectivity index (χ0) is 22.9. The number of nitrogens with zero attached hydrogens (tertiary/aromatic N) is 7. The van der Waals surface area contributed by atoms with Crippen LogP contribution in [0.1, 0.15) is 16.2 Å². The van der Waals surface area contributed by atoms with Gasteiger partial charge in [-0.3, -0.25) is 9.48 Å². The number of aryl methyl sites for hydroxylation is 1. The van der Waals surface area contributed by atoms with Crippen LogP contribution in [0.5, 0.6) is 5.75 Å². The Hall–Kier alpha value is -4.67. The maximum absolute atomic E-state index is 13.2. The lowest BCUT2D eigenvalue weighted by Gasteiger charge is -2.10. The maximum atomic E-state index is 13.2. The monoisotopic (exact) mass is 443 g/mol. The van der Waals surface area contributed by atoms with Crippen molar-refractivity contribution in [1.82, 2.24) is 33.9 Å². The van der Waals surface area contributed by atoms with Gasteiger partial charge in [0.05, 0.1) is 25.5 Å². The molecule has 0 spiro atoms. The quantitative estimate of drug-likeness (QED) is 0.385. The highest BCUT2D eigenvalue weighted by Gasteiger charge is 2.21. The largest absolute Gasteiger partial charge is 0.496 e. The Morgan fingerprint density at radius 1 is 1.21 bits per heavy atom. The van der Waals surface area contributed by atoms with Crippen LogP contribution < -0.4 is 15.8 Å². The van der Waals surface area contributed by atoms with E-state index < -0.39 is 0 Å². The molecule has 0 aliphatic heterocycles. The molecular weight excluding hydrogens is 422 g/mol. The van der Waals surface area contributed by atoms with Crippen molar-refractivity contribution < 1.29 is 9.53 Å². The molecule has 0 unspecified atom stereocenters. The van der Waals surface area contributed by atoms with Crippen molar-refractivity contribution >= 4 is 22.9 Å². The van der Waals surface area contributed by atoms with Crippen LogP contribution in [0, 0.1) is 0 Å². The molecular formula is C22H21N9O2. The summed E-state index contributed by atoms with van der Waals surface area (Å²) in [6.45, 7) is 0.412. The van der Waals surface area contributed by atoms with Gasteiger partial charge in [-0.25, -0.2) is 14.5 Å². The van der Waals surface area contributed by atoms with Gasteiger partial charge in [-0.2, -0.15) is 10.2 Å². The molecule has 166 valence electrons. The first-order valence-electron chi connectivity index (χ1n) is 10.1. The van der Waals surface area contributed by atoms with Crippen molar-refractivity contribution in [3.8, 4) is 17.0 Å². The number of rotatable bonds is 6. The first kappa shape index (κ1) is 20.2. The number of nitrogen functional groups attached to an aromatic ring is 1. The van der Waals surface area contributed by atoms with Crippen molar-refractivity contribution in [2.45, 2.75) is 6.54 Å². The van der Waals surface area contributed by atoms with E-state index in [9.17, 15) is 4.79 Å². The second kappa shape index (κ2) is 8.11. The number of nitrogens with one attached hydrogen (secondary N) is 1. The lowest BCUT2D eigenvalue weighted by atomic mass is 10.1. The van der Waals surface area contributed by atoms with Crippen LogP contribution in [-0.4, -0.2) is 46.9 Å². The van der Waals surface area contributed by atoms with Crippen LogP contribution in [0.25, 0.3) is 16.9 Å². The first-order valence-corrected chi connectivity index (χ1v) is 10.1. The Morgan fingerprint density at radius 2 is 2.09 bits per heavy atom. The lowest BCUT2D eigenvalue weighted by molar-refractivity contribution is 0.102. The summed E-state index contributed by atoms with van der Waals surface area (Å²) in [5, 5.41) is 11.9. The number of benzene rings is 1. The summed E-state index contributed by atoms with van der Waals surface area (Å²) >= 11 is 0. The van der Waals surface area contributed by atoms with E-state index >= 15 is 0 Å². The van der Waals surface area contributed by atoms with Crippen LogP contribution in [0.3, 0.4) is 0 Å². The number of methoxy groups -OCH3 is 1. The molecule has 1 amide bonds. The highest BCUT2D eigenvalue weighted by Crippen LogP contribution is 2.35. The summed E-state index contributed by atoms with van der Waals surface area (Å²) < 4.78 is 10.7. The van der Waals surface area contributed by atoms with Crippen LogP contribution in [0.4, 0.5) is 11.4 Å². The number of anilines is 2. The summed E-state index contributed by atoms with van der Waals surface area (Å²) in [7, 11) is 3.48. The van der Waals surface area contributed by atoms with Gasteiger partial charge >= 0.3 is 0 Å². The molecule has 0 saturated heterocycles. The summed E-state index contributed by atoms with van der Waals surface area (Å²) in [5.74, 6) is 1.04. The molecule has 1 aromatic carbocycles. The molecule has 0 atom stereocenters. The van der Waals surface area contributed by atoms with Gasteiger partial charge in [-0.05, 0) is 24.3 Å². The molecule has 0 saturated carbocycles. The number of aromatic nitrogens is 7. The number of carbonyl (C=O) groups is 1. The van der Waals surface area contributed by atoms with E-state index in [1.54, 1.807) is 65.4 Å². The summed E-state index contributed by atoms with van der Waals surface area (Å²) in [6.07, 6.45) is 10.2. The highest BCUT2D eigenvalue weighted by atomic mass is 16.5. The van der Waals surface area contributed by atoms with Gasteiger partial charge in [0, 0.05) is 49.3 Å². The summed E-state index contributed by atoms with van der Waals surface area (Å²) in [6, 6.07) is 7.02. The second-order valence-electron chi connectivity index (χ2n) is 7.40. The molecule has 11 heteroatoms. The predicted molar refractivity (Wildman–Crippen MR) is 122 cm³/mol. The Balaban J connectivity index is 1.57. The minimum Gasteiger partial charge on any atom is -0.496 e. The number of fused-ring (bicyclic) bond motifs is 1. The van der Waals surface area contributed by atoms with E-state index in [1.165, 1.54) is 6.20 Å².